The van der Waals surface area contributed by atoms with Crippen molar-refractivity contribution >= 4 is 6.03 Å². The second-order valence-corrected chi connectivity index (χ2v) is 7.86. The number of carbonyl (C=O) groups excluding carboxylic acids is 1. The maximum atomic E-state index is 12.4. The predicted octanol–water partition coefficient (Wildman–Crippen LogP) is 2.07. The van der Waals surface area contributed by atoms with Crippen molar-refractivity contribution in [3.63, 3.8) is 0 Å². The van der Waals surface area contributed by atoms with Crippen molar-refractivity contribution in [2.24, 2.45) is 11.8 Å². The predicted molar refractivity (Wildman–Crippen MR) is 89.4 cm³/mol. The second kappa shape index (κ2) is 6.98. The van der Waals surface area contributed by atoms with Crippen LogP contribution in [0.1, 0.15) is 44.9 Å². The van der Waals surface area contributed by atoms with E-state index in [4.69, 9.17) is 4.74 Å². The Labute approximate surface area is 139 Å². The SMILES string of the molecule is O=C(NCCCN1CCCCCC1)N1C[C@@H]2[C@H](C1)[C@H]1CC[C@H]2O1. The number of urea groups is 1. The van der Waals surface area contributed by atoms with Gasteiger partial charge in [-0.3, -0.25) is 0 Å². The molecule has 1 N–H and O–H groups in total. The lowest BCUT2D eigenvalue weighted by molar-refractivity contribution is 0.0739. The zero-order chi connectivity index (χ0) is 15.6. The molecular formula is C18H31N3O2. The first-order valence-electron chi connectivity index (χ1n) is 9.72. The van der Waals surface area contributed by atoms with Gasteiger partial charge in [0.2, 0.25) is 0 Å². The van der Waals surface area contributed by atoms with Crippen LogP contribution in [0.4, 0.5) is 4.79 Å². The van der Waals surface area contributed by atoms with Gasteiger partial charge in [0.05, 0.1) is 12.2 Å². The van der Waals surface area contributed by atoms with Crippen LogP contribution in [0.5, 0.6) is 0 Å². The lowest BCUT2D eigenvalue weighted by atomic mass is 9.82. The minimum absolute atomic E-state index is 0.148. The number of likely N-dealkylation sites (tertiary alicyclic amines) is 2. The molecule has 2 amide bonds. The largest absolute Gasteiger partial charge is 0.374 e. The molecule has 0 unspecified atom stereocenters. The summed E-state index contributed by atoms with van der Waals surface area (Å²) in [5, 5.41) is 3.14. The molecule has 5 nitrogen and oxygen atoms in total. The van der Waals surface area contributed by atoms with Crippen molar-refractivity contribution in [3.8, 4) is 0 Å². The van der Waals surface area contributed by atoms with Crippen LogP contribution >= 0.6 is 0 Å². The molecule has 2 bridgehead atoms. The van der Waals surface area contributed by atoms with Gasteiger partial charge in [-0.2, -0.15) is 0 Å². The average molecular weight is 321 g/mol. The van der Waals surface area contributed by atoms with Gasteiger partial charge in [0.25, 0.3) is 0 Å². The molecule has 4 saturated heterocycles. The first kappa shape index (κ1) is 15.7. The Morgan fingerprint density at radius 1 is 1.00 bits per heavy atom. The Hall–Kier alpha value is -0.810. The number of rotatable bonds is 4. The van der Waals surface area contributed by atoms with Crippen LogP contribution < -0.4 is 5.32 Å². The molecule has 4 fully saturated rings. The van der Waals surface area contributed by atoms with E-state index in [1.54, 1.807) is 0 Å². The summed E-state index contributed by atoms with van der Waals surface area (Å²) in [6, 6.07) is 0.148. The Kier molecular flexibility index (Phi) is 4.76. The van der Waals surface area contributed by atoms with Crippen LogP contribution in [0.2, 0.25) is 0 Å². The molecule has 0 aromatic rings. The van der Waals surface area contributed by atoms with E-state index in [2.05, 4.69) is 10.2 Å². The first-order valence-corrected chi connectivity index (χ1v) is 9.72. The zero-order valence-electron chi connectivity index (χ0n) is 14.2. The molecule has 0 saturated carbocycles. The topological polar surface area (TPSA) is 44.8 Å². The van der Waals surface area contributed by atoms with Gasteiger partial charge in [0, 0.05) is 31.5 Å². The molecule has 0 aromatic heterocycles. The highest BCUT2D eigenvalue weighted by Crippen LogP contribution is 2.47. The summed E-state index contributed by atoms with van der Waals surface area (Å²) in [5.74, 6) is 1.22. The molecule has 4 aliphatic heterocycles. The molecule has 0 aliphatic carbocycles. The first-order chi connectivity index (χ1) is 11.3. The van der Waals surface area contributed by atoms with Gasteiger partial charge in [0.15, 0.2) is 0 Å². The van der Waals surface area contributed by atoms with E-state index in [0.717, 1.165) is 32.6 Å². The Morgan fingerprint density at radius 2 is 1.65 bits per heavy atom. The molecule has 4 atom stereocenters. The number of carbonyl (C=O) groups is 1. The monoisotopic (exact) mass is 321 g/mol. The normalized spacial score (nSPS) is 37.0. The second-order valence-electron chi connectivity index (χ2n) is 7.86. The highest BCUT2D eigenvalue weighted by molar-refractivity contribution is 5.74. The number of amides is 2. The van der Waals surface area contributed by atoms with Crippen LogP contribution in [-0.2, 0) is 4.74 Å². The summed E-state index contributed by atoms with van der Waals surface area (Å²) in [7, 11) is 0. The van der Waals surface area contributed by atoms with Crippen molar-refractivity contribution in [1.82, 2.24) is 15.1 Å². The van der Waals surface area contributed by atoms with E-state index >= 15 is 0 Å². The number of hydrogen-bond acceptors (Lipinski definition) is 3. The van der Waals surface area contributed by atoms with E-state index in [1.165, 1.54) is 51.6 Å². The standard InChI is InChI=1S/C18H31N3O2/c22-18(19-8-5-11-20-9-3-1-2-4-10-20)21-12-14-15(13-21)17-7-6-16(14)23-17/h14-17H,1-13H2,(H,19,22)/t14-,15+,16-,17-/m1/s1. The van der Waals surface area contributed by atoms with Gasteiger partial charge in [-0.25, -0.2) is 4.79 Å². The molecule has 130 valence electrons. The third-order valence-electron chi connectivity index (χ3n) is 6.37. The van der Waals surface area contributed by atoms with Gasteiger partial charge >= 0.3 is 6.03 Å². The summed E-state index contributed by atoms with van der Waals surface area (Å²) in [6.45, 7) is 6.24. The Morgan fingerprint density at radius 3 is 2.30 bits per heavy atom. The highest BCUT2D eigenvalue weighted by Gasteiger charge is 2.53. The summed E-state index contributed by atoms with van der Waals surface area (Å²) < 4.78 is 5.98. The molecule has 5 heteroatoms. The van der Waals surface area contributed by atoms with Crippen LogP contribution in [0, 0.1) is 11.8 Å². The van der Waals surface area contributed by atoms with Gasteiger partial charge in [-0.15, -0.1) is 0 Å². The lowest BCUT2D eigenvalue weighted by Crippen LogP contribution is -2.41. The van der Waals surface area contributed by atoms with Gasteiger partial charge in [0.1, 0.15) is 0 Å². The van der Waals surface area contributed by atoms with Gasteiger partial charge < -0.3 is 19.9 Å². The average Bonchev–Trinajstić information content (AvgIpc) is 3.21. The molecular weight excluding hydrogens is 290 g/mol. The van der Waals surface area contributed by atoms with Crippen molar-refractivity contribution < 1.29 is 9.53 Å². The molecule has 0 radical (unpaired) electrons. The van der Waals surface area contributed by atoms with Crippen LogP contribution in [0.25, 0.3) is 0 Å². The highest BCUT2D eigenvalue weighted by atomic mass is 16.5. The summed E-state index contributed by atoms with van der Waals surface area (Å²) in [4.78, 5) is 17.0. The smallest absolute Gasteiger partial charge is 0.317 e. The fraction of sp³-hybridized carbons (Fsp3) is 0.944. The number of nitrogens with one attached hydrogen (secondary N) is 1. The minimum atomic E-state index is 0.148. The van der Waals surface area contributed by atoms with Gasteiger partial charge in [-0.05, 0) is 51.7 Å². The summed E-state index contributed by atoms with van der Waals surface area (Å²) in [5.41, 5.74) is 0. The molecule has 23 heavy (non-hydrogen) atoms. The van der Waals surface area contributed by atoms with Gasteiger partial charge in [-0.1, -0.05) is 12.8 Å². The lowest BCUT2D eigenvalue weighted by Gasteiger charge is -2.21. The molecule has 0 aromatic carbocycles. The Balaban J connectivity index is 1.15. The van der Waals surface area contributed by atoms with Crippen molar-refractivity contribution in [2.45, 2.75) is 57.2 Å². The Bertz CT molecular complexity index is 404. The van der Waals surface area contributed by atoms with E-state index in [-0.39, 0.29) is 6.03 Å². The van der Waals surface area contributed by atoms with Crippen molar-refractivity contribution in [3.05, 3.63) is 0 Å². The molecule has 0 spiro atoms. The van der Waals surface area contributed by atoms with Crippen molar-refractivity contribution in [2.75, 3.05) is 39.3 Å². The molecule has 4 aliphatic rings. The fourth-order valence-electron chi connectivity index (χ4n) is 5.10. The quantitative estimate of drug-likeness (QED) is 0.806. The van der Waals surface area contributed by atoms with E-state index in [0.29, 0.717) is 24.0 Å². The third-order valence-corrected chi connectivity index (χ3v) is 6.37. The van der Waals surface area contributed by atoms with E-state index in [1.807, 2.05) is 4.90 Å². The maximum Gasteiger partial charge on any atom is 0.317 e. The molecule has 4 heterocycles. The van der Waals surface area contributed by atoms with E-state index < -0.39 is 0 Å². The maximum absolute atomic E-state index is 12.4. The van der Waals surface area contributed by atoms with Crippen molar-refractivity contribution in [1.29, 1.82) is 0 Å². The minimum Gasteiger partial charge on any atom is -0.374 e. The fourth-order valence-corrected chi connectivity index (χ4v) is 5.10. The van der Waals surface area contributed by atoms with Crippen LogP contribution in [0.3, 0.4) is 0 Å². The van der Waals surface area contributed by atoms with E-state index in [9.17, 15) is 4.79 Å². The number of hydrogen-bond donors (Lipinski definition) is 1. The summed E-state index contributed by atoms with van der Waals surface area (Å²) >= 11 is 0. The number of nitrogens with zero attached hydrogens (tertiary/aromatic N) is 2. The summed E-state index contributed by atoms with van der Waals surface area (Å²) in [6.07, 6.45) is 9.80. The number of fused-ring (bicyclic) bond motifs is 5. The van der Waals surface area contributed by atoms with Crippen LogP contribution in [0.15, 0.2) is 0 Å². The number of ether oxygens (including phenoxy) is 1. The third kappa shape index (κ3) is 3.36. The molecule has 4 rings (SSSR count). The zero-order valence-corrected chi connectivity index (χ0v) is 14.2. The van der Waals surface area contributed by atoms with Crippen LogP contribution in [-0.4, -0.2) is 67.3 Å².